The number of pyridine rings is 1. The predicted octanol–water partition coefficient (Wildman–Crippen LogP) is 2.92. The molecule has 0 bridgehead atoms. The van der Waals surface area contributed by atoms with Crippen LogP contribution in [0.2, 0.25) is 5.02 Å². The summed E-state index contributed by atoms with van der Waals surface area (Å²) in [4.78, 5) is 14.2. The van der Waals surface area contributed by atoms with E-state index in [1.54, 1.807) is 0 Å². The molecule has 0 aromatic carbocycles. The van der Waals surface area contributed by atoms with Gasteiger partial charge in [-0.05, 0) is 11.6 Å². The molecule has 0 radical (unpaired) electrons. The van der Waals surface area contributed by atoms with E-state index >= 15 is 0 Å². The zero-order chi connectivity index (χ0) is 11.6. The summed E-state index contributed by atoms with van der Waals surface area (Å²) < 4.78 is 24.8. The average molecular weight is 251 g/mol. The molecule has 0 N–H and O–H groups in total. The number of nitrogens with zero attached hydrogens (tertiary/aromatic N) is 2. The molecule has 0 unspecified atom stereocenters. The van der Waals surface area contributed by atoms with Crippen molar-refractivity contribution in [3.63, 3.8) is 0 Å². The first-order valence-electron chi connectivity index (χ1n) is 3.55. The molecule has 0 aliphatic carbocycles. The number of carbonyl (C=O) groups is 1. The minimum Gasteiger partial charge on any atom is -0.275 e. The summed E-state index contributed by atoms with van der Waals surface area (Å²) >= 11 is 10.6. The fraction of sp³-hybridized carbons (Fsp3) is 0.125. The van der Waals surface area contributed by atoms with Gasteiger partial charge in [-0.25, -0.2) is 8.78 Å². The molecule has 0 amide bonds. The third-order valence-electron chi connectivity index (χ3n) is 1.58. The van der Waals surface area contributed by atoms with Crippen LogP contribution in [0.4, 0.5) is 8.78 Å². The lowest BCUT2D eigenvalue weighted by molar-refractivity contribution is 0.106. The van der Waals surface area contributed by atoms with Crippen molar-refractivity contribution in [2.45, 2.75) is 6.43 Å². The van der Waals surface area contributed by atoms with Crippen molar-refractivity contribution in [1.29, 1.82) is 5.26 Å². The largest absolute Gasteiger partial charge is 0.281 e. The molecular weight excluding hydrogens is 249 g/mol. The predicted molar refractivity (Wildman–Crippen MR) is 49.1 cm³/mol. The number of hydrogen-bond donors (Lipinski definition) is 0. The van der Waals surface area contributed by atoms with Gasteiger partial charge in [0, 0.05) is 6.20 Å². The number of hydrogen-bond acceptors (Lipinski definition) is 3. The van der Waals surface area contributed by atoms with Gasteiger partial charge in [0.25, 0.3) is 11.7 Å². The van der Waals surface area contributed by atoms with Gasteiger partial charge in [-0.3, -0.25) is 9.78 Å². The summed E-state index contributed by atoms with van der Waals surface area (Å²) in [6, 6.07) is 1.53. The van der Waals surface area contributed by atoms with Crippen LogP contribution in [0.1, 0.15) is 28.0 Å². The van der Waals surface area contributed by atoms with E-state index in [1.165, 1.54) is 6.07 Å². The van der Waals surface area contributed by atoms with Crippen LogP contribution in [0.5, 0.6) is 0 Å². The first kappa shape index (κ1) is 11.8. The Hall–Kier alpha value is -1.25. The highest BCUT2D eigenvalue weighted by Gasteiger charge is 2.24. The minimum atomic E-state index is -2.99. The van der Waals surface area contributed by atoms with Gasteiger partial charge >= 0.3 is 0 Å². The van der Waals surface area contributed by atoms with Gasteiger partial charge in [-0.1, -0.05) is 11.6 Å². The SMILES string of the molecule is N#Cc1c(Cl)cnc(C(F)F)c1C(=O)Cl. The number of alkyl halides is 2. The van der Waals surface area contributed by atoms with Gasteiger partial charge in [0.1, 0.15) is 11.8 Å². The van der Waals surface area contributed by atoms with Crippen LogP contribution in [-0.4, -0.2) is 10.2 Å². The molecule has 0 saturated carbocycles. The molecule has 1 heterocycles. The Labute approximate surface area is 93.2 Å². The molecule has 0 saturated heterocycles. The second-order valence-electron chi connectivity index (χ2n) is 2.43. The van der Waals surface area contributed by atoms with Crippen molar-refractivity contribution < 1.29 is 13.6 Å². The standard InChI is InChI=1S/C8H2Cl2F2N2O/c9-4-2-14-6(8(11)12)5(7(10)15)3(4)1-13/h2,8H. The van der Waals surface area contributed by atoms with Crippen LogP contribution < -0.4 is 0 Å². The van der Waals surface area contributed by atoms with Crippen molar-refractivity contribution in [2.75, 3.05) is 0 Å². The van der Waals surface area contributed by atoms with Crippen LogP contribution in [0.15, 0.2) is 6.20 Å². The second-order valence-corrected chi connectivity index (χ2v) is 3.18. The minimum absolute atomic E-state index is 0.189. The van der Waals surface area contributed by atoms with E-state index < -0.39 is 22.9 Å². The summed E-state index contributed by atoms with van der Waals surface area (Å²) in [7, 11) is 0. The molecule has 0 spiro atoms. The van der Waals surface area contributed by atoms with Gasteiger partial charge in [0.05, 0.1) is 16.1 Å². The lowest BCUT2D eigenvalue weighted by Gasteiger charge is -2.06. The van der Waals surface area contributed by atoms with E-state index in [-0.39, 0.29) is 10.6 Å². The van der Waals surface area contributed by atoms with E-state index in [9.17, 15) is 13.6 Å². The fourth-order valence-electron chi connectivity index (χ4n) is 0.977. The molecular formula is C8H2Cl2F2N2O. The number of nitriles is 1. The quantitative estimate of drug-likeness (QED) is 0.759. The van der Waals surface area contributed by atoms with Gasteiger partial charge in [-0.15, -0.1) is 0 Å². The Bertz CT molecular complexity index is 457. The van der Waals surface area contributed by atoms with Crippen LogP contribution in [0.25, 0.3) is 0 Å². The second kappa shape index (κ2) is 4.51. The molecule has 1 rings (SSSR count). The highest BCUT2D eigenvalue weighted by molar-refractivity contribution is 6.68. The van der Waals surface area contributed by atoms with E-state index in [4.69, 9.17) is 28.5 Å². The number of rotatable bonds is 2. The summed E-state index contributed by atoms with van der Waals surface area (Å²) in [5.41, 5.74) is -1.86. The molecule has 0 aliphatic heterocycles. The fourth-order valence-corrected chi connectivity index (χ4v) is 1.35. The van der Waals surface area contributed by atoms with E-state index in [0.717, 1.165) is 6.20 Å². The normalized spacial score (nSPS) is 10.1. The molecule has 78 valence electrons. The molecule has 7 heteroatoms. The zero-order valence-corrected chi connectivity index (χ0v) is 8.48. The van der Waals surface area contributed by atoms with Gasteiger partial charge in [0.15, 0.2) is 0 Å². The Morgan fingerprint density at radius 1 is 1.60 bits per heavy atom. The average Bonchev–Trinajstić information content (AvgIpc) is 2.16. The Kier molecular flexibility index (Phi) is 3.56. The smallest absolute Gasteiger partial charge is 0.275 e. The Balaban J connectivity index is 3.58. The Morgan fingerprint density at radius 3 is 2.60 bits per heavy atom. The maximum atomic E-state index is 12.4. The van der Waals surface area contributed by atoms with Crippen molar-refractivity contribution in [1.82, 2.24) is 4.98 Å². The van der Waals surface area contributed by atoms with E-state index in [0.29, 0.717) is 0 Å². The molecule has 1 aromatic heterocycles. The number of halogens is 4. The molecule has 3 nitrogen and oxygen atoms in total. The number of carbonyl (C=O) groups excluding carboxylic acids is 1. The molecule has 1 aromatic rings. The van der Waals surface area contributed by atoms with E-state index in [1.807, 2.05) is 0 Å². The first-order valence-corrected chi connectivity index (χ1v) is 4.31. The highest BCUT2D eigenvalue weighted by atomic mass is 35.5. The molecule has 0 atom stereocenters. The van der Waals surface area contributed by atoms with Gasteiger partial charge in [0.2, 0.25) is 0 Å². The highest BCUT2D eigenvalue weighted by Crippen LogP contribution is 2.28. The zero-order valence-electron chi connectivity index (χ0n) is 6.97. The summed E-state index contributed by atoms with van der Waals surface area (Å²) in [5.74, 6) is 0. The van der Waals surface area contributed by atoms with E-state index in [2.05, 4.69) is 4.98 Å². The van der Waals surface area contributed by atoms with Gasteiger partial charge in [-0.2, -0.15) is 5.26 Å². The summed E-state index contributed by atoms with van der Waals surface area (Å²) in [5, 5.41) is 7.26. The van der Waals surface area contributed by atoms with Crippen molar-refractivity contribution in [3.8, 4) is 6.07 Å². The van der Waals surface area contributed by atoms with Crippen LogP contribution >= 0.6 is 23.2 Å². The van der Waals surface area contributed by atoms with Gasteiger partial charge < -0.3 is 0 Å². The third-order valence-corrected chi connectivity index (χ3v) is 2.05. The van der Waals surface area contributed by atoms with Crippen molar-refractivity contribution in [2.24, 2.45) is 0 Å². The van der Waals surface area contributed by atoms with Crippen LogP contribution in [0.3, 0.4) is 0 Å². The van der Waals surface area contributed by atoms with Crippen molar-refractivity contribution in [3.05, 3.63) is 28.0 Å². The van der Waals surface area contributed by atoms with Crippen LogP contribution in [-0.2, 0) is 0 Å². The molecule has 0 aliphatic rings. The maximum Gasteiger partial charge on any atom is 0.281 e. The van der Waals surface area contributed by atoms with Crippen molar-refractivity contribution >= 4 is 28.4 Å². The maximum absolute atomic E-state index is 12.4. The number of aromatic nitrogens is 1. The summed E-state index contributed by atoms with van der Waals surface area (Å²) in [6.07, 6.45) is -2.11. The lowest BCUT2D eigenvalue weighted by atomic mass is 10.1. The summed E-state index contributed by atoms with van der Waals surface area (Å²) in [6.45, 7) is 0. The molecule has 15 heavy (non-hydrogen) atoms. The lowest BCUT2D eigenvalue weighted by Crippen LogP contribution is -2.05. The molecule has 0 fully saturated rings. The topological polar surface area (TPSA) is 53.8 Å². The monoisotopic (exact) mass is 250 g/mol. The van der Waals surface area contributed by atoms with Crippen LogP contribution in [0, 0.1) is 11.3 Å². The third kappa shape index (κ3) is 2.22. The Morgan fingerprint density at radius 2 is 2.20 bits per heavy atom. The first-order chi connectivity index (χ1) is 6.99.